The molecule has 0 fully saturated rings. The van der Waals surface area contributed by atoms with Gasteiger partial charge in [0, 0.05) is 18.8 Å². The van der Waals surface area contributed by atoms with Crippen molar-refractivity contribution in [1.82, 2.24) is 4.90 Å². The third-order valence-corrected chi connectivity index (χ3v) is 1.38. The van der Waals surface area contributed by atoms with Gasteiger partial charge in [-0.2, -0.15) is 0 Å². The normalized spacial score (nSPS) is 7.42. The molecule has 0 aromatic rings. The molecule has 0 atom stereocenters. The van der Waals surface area contributed by atoms with Crippen molar-refractivity contribution in [3.8, 4) is 0 Å². The Kier molecular flexibility index (Phi) is 19.3. The average Bonchev–Trinajstić information content (AvgIpc) is 2.10. The predicted molar refractivity (Wildman–Crippen MR) is 60.4 cm³/mol. The maximum absolute atomic E-state index is 3.80. The molecule has 0 aromatic carbocycles. The summed E-state index contributed by atoms with van der Waals surface area (Å²) in [5.41, 5.74) is 1.12. The van der Waals surface area contributed by atoms with E-state index in [1.165, 1.54) is 0 Å². The van der Waals surface area contributed by atoms with E-state index in [1.54, 1.807) is 0 Å². The largest absolute Gasteiger partial charge is 0.376 e. The lowest BCUT2D eigenvalue weighted by atomic mass is 10.3. The first kappa shape index (κ1) is 17.6. The third-order valence-electron chi connectivity index (χ3n) is 1.38. The monoisotopic (exact) mass is 173 g/mol. The third kappa shape index (κ3) is 12.2. The summed E-state index contributed by atoms with van der Waals surface area (Å²) < 4.78 is 0. The van der Waals surface area contributed by atoms with Gasteiger partial charge in [-0.05, 0) is 20.8 Å². The number of hydrogen-bond acceptors (Lipinski definition) is 1. The van der Waals surface area contributed by atoms with Gasteiger partial charge in [-0.3, -0.25) is 0 Å². The lowest BCUT2D eigenvalue weighted by Crippen LogP contribution is -2.23. The summed E-state index contributed by atoms with van der Waals surface area (Å²) >= 11 is 0. The first-order valence-corrected chi connectivity index (χ1v) is 4.94. The van der Waals surface area contributed by atoms with Crippen LogP contribution in [0.4, 0.5) is 0 Å². The van der Waals surface area contributed by atoms with Crippen molar-refractivity contribution in [2.24, 2.45) is 0 Å². The molecule has 1 nitrogen and oxygen atoms in total. The van der Waals surface area contributed by atoms with Crippen LogP contribution in [0, 0.1) is 0 Å². The number of nitrogens with zero attached hydrogens (tertiary/aromatic N) is 1. The summed E-state index contributed by atoms with van der Waals surface area (Å²) in [5, 5.41) is 0. The van der Waals surface area contributed by atoms with Crippen molar-refractivity contribution in [3.05, 3.63) is 12.3 Å². The Labute approximate surface area is 79.5 Å². The van der Waals surface area contributed by atoms with Crippen LogP contribution >= 0.6 is 0 Å². The fraction of sp³-hybridized carbons (Fsp3) is 0.818. The van der Waals surface area contributed by atoms with Crippen LogP contribution in [0.5, 0.6) is 0 Å². The maximum Gasteiger partial charge on any atom is 0.0226 e. The van der Waals surface area contributed by atoms with E-state index in [1.807, 2.05) is 41.7 Å². The zero-order valence-electron chi connectivity index (χ0n) is 10.2. The molecule has 0 aliphatic carbocycles. The summed E-state index contributed by atoms with van der Waals surface area (Å²) in [4.78, 5) is 2.14. The Morgan fingerprint density at radius 3 is 1.33 bits per heavy atom. The molecule has 76 valence electrons. The van der Waals surface area contributed by atoms with E-state index in [4.69, 9.17) is 0 Å². The van der Waals surface area contributed by atoms with Gasteiger partial charge in [0.1, 0.15) is 0 Å². The molecule has 0 heterocycles. The molecule has 0 unspecified atom stereocenters. The maximum atomic E-state index is 3.80. The Hall–Kier alpha value is -0.460. The van der Waals surface area contributed by atoms with Crippen molar-refractivity contribution >= 4 is 0 Å². The summed E-state index contributed by atoms with van der Waals surface area (Å²) in [7, 11) is 2.05. The smallest absolute Gasteiger partial charge is 0.0226 e. The second-order valence-corrected chi connectivity index (χ2v) is 2.44. The fourth-order valence-corrected chi connectivity index (χ4v) is 0.441. The summed E-state index contributed by atoms with van der Waals surface area (Å²) in [6.07, 6.45) is 0. The molecule has 0 aliphatic heterocycles. The summed E-state index contributed by atoms with van der Waals surface area (Å²) in [6, 6.07) is 0.576. The van der Waals surface area contributed by atoms with E-state index in [9.17, 15) is 0 Å². The minimum atomic E-state index is 0.576. The van der Waals surface area contributed by atoms with Crippen molar-refractivity contribution in [3.63, 3.8) is 0 Å². The molecule has 0 rings (SSSR count). The molecule has 0 aromatic heterocycles. The van der Waals surface area contributed by atoms with Crippen molar-refractivity contribution in [2.45, 2.75) is 54.5 Å². The van der Waals surface area contributed by atoms with E-state index in [2.05, 4.69) is 25.3 Å². The Morgan fingerprint density at radius 2 is 1.33 bits per heavy atom. The van der Waals surface area contributed by atoms with Gasteiger partial charge in [-0.1, -0.05) is 34.3 Å². The number of allylic oxidation sites excluding steroid dienone is 1. The van der Waals surface area contributed by atoms with Crippen LogP contribution in [0.1, 0.15) is 48.5 Å². The molecule has 0 saturated heterocycles. The highest BCUT2D eigenvalue weighted by Crippen LogP contribution is 2.00. The highest BCUT2D eigenvalue weighted by Gasteiger charge is 1.98. The van der Waals surface area contributed by atoms with Crippen molar-refractivity contribution in [2.75, 3.05) is 7.05 Å². The van der Waals surface area contributed by atoms with Gasteiger partial charge >= 0.3 is 0 Å². The minimum absolute atomic E-state index is 0.576. The highest BCUT2D eigenvalue weighted by atomic mass is 15.1. The van der Waals surface area contributed by atoms with Gasteiger partial charge in [0.2, 0.25) is 0 Å². The molecular weight excluding hydrogens is 146 g/mol. The van der Waals surface area contributed by atoms with Crippen molar-refractivity contribution < 1.29 is 0 Å². The Morgan fingerprint density at radius 1 is 1.08 bits per heavy atom. The molecule has 0 radical (unpaired) electrons. The Balaban J connectivity index is -0.000000175. The molecule has 0 amide bonds. The van der Waals surface area contributed by atoms with Gasteiger partial charge in [0.25, 0.3) is 0 Å². The van der Waals surface area contributed by atoms with E-state index < -0.39 is 0 Å². The van der Waals surface area contributed by atoms with Gasteiger partial charge in [-0.25, -0.2) is 0 Å². The molecule has 0 bridgehead atoms. The van der Waals surface area contributed by atoms with Crippen LogP contribution in [0.25, 0.3) is 0 Å². The zero-order chi connectivity index (χ0) is 10.7. The lowest BCUT2D eigenvalue weighted by molar-refractivity contribution is 0.346. The lowest BCUT2D eigenvalue weighted by Gasteiger charge is -2.22. The van der Waals surface area contributed by atoms with E-state index in [0.717, 1.165) is 5.70 Å². The summed E-state index contributed by atoms with van der Waals surface area (Å²) in [6.45, 7) is 18.1. The van der Waals surface area contributed by atoms with Crippen LogP contribution < -0.4 is 0 Å². The highest BCUT2D eigenvalue weighted by molar-refractivity contribution is 4.87. The molecule has 0 aliphatic rings. The molecule has 1 heteroatoms. The van der Waals surface area contributed by atoms with Crippen LogP contribution in [0.2, 0.25) is 0 Å². The quantitative estimate of drug-likeness (QED) is 0.612. The van der Waals surface area contributed by atoms with Gasteiger partial charge in [0.05, 0.1) is 0 Å². The SMILES string of the molecule is C=C(C)N(C)C(C)C.CC.CC. The van der Waals surface area contributed by atoms with Crippen LogP contribution in [-0.4, -0.2) is 18.0 Å². The number of rotatable bonds is 2. The van der Waals surface area contributed by atoms with E-state index in [-0.39, 0.29) is 0 Å². The summed E-state index contributed by atoms with van der Waals surface area (Å²) in [5.74, 6) is 0. The van der Waals surface area contributed by atoms with Crippen LogP contribution in [0.15, 0.2) is 12.3 Å². The standard InChI is InChI=1S/C7H15N.2C2H6/c1-6(2)8(5)7(3)4;2*1-2/h7H,1H2,2-5H3;2*1-2H3. The van der Waals surface area contributed by atoms with Gasteiger partial charge in [-0.15, -0.1) is 0 Å². The first-order valence-electron chi connectivity index (χ1n) is 4.94. The van der Waals surface area contributed by atoms with Crippen LogP contribution in [-0.2, 0) is 0 Å². The molecule has 0 saturated carbocycles. The topological polar surface area (TPSA) is 3.24 Å². The minimum Gasteiger partial charge on any atom is -0.376 e. The fourth-order valence-electron chi connectivity index (χ4n) is 0.441. The van der Waals surface area contributed by atoms with Gasteiger partial charge in [0.15, 0.2) is 0 Å². The van der Waals surface area contributed by atoms with E-state index >= 15 is 0 Å². The zero-order valence-corrected chi connectivity index (χ0v) is 10.2. The molecule has 0 N–H and O–H groups in total. The second kappa shape index (κ2) is 13.2. The Bertz CT molecular complexity index is 85.0. The van der Waals surface area contributed by atoms with Crippen molar-refractivity contribution in [1.29, 1.82) is 0 Å². The molecule has 12 heavy (non-hydrogen) atoms. The average molecular weight is 173 g/mol. The molecular formula is C11H27N. The second-order valence-electron chi connectivity index (χ2n) is 2.44. The van der Waals surface area contributed by atoms with Crippen LogP contribution in [0.3, 0.4) is 0 Å². The molecule has 0 spiro atoms. The van der Waals surface area contributed by atoms with E-state index in [0.29, 0.717) is 6.04 Å². The number of hydrogen-bond donors (Lipinski definition) is 0. The van der Waals surface area contributed by atoms with Gasteiger partial charge < -0.3 is 4.90 Å². The predicted octanol–water partition coefficient (Wildman–Crippen LogP) is 3.91. The first-order chi connectivity index (χ1) is 5.55.